The molecule has 2 atom stereocenters. The van der Waals surface area contributed by atoms with E-state index in [0.717, 1.165) is 19.3 Å². The maximum Gasteiger partial charge on any atom is 0.433 e. The van der Waals surface area contributed by atoms with Gasteiger partial charge in [-0.3, -0.25) is 10.1 Å². The van der Waals surface area contributed by atoms with Crippen LogP contribution in [0.25, 0.3) is 0 Å². The SMILES string of the molecule is O=[N+]([O-])c1ccc(CNC2CCCC2CO)o1. The topological polar surface area (TPSA) is 88.5 Å². The van der Waals surface area contributed by atoms with Crippen molar-refractivity contribution in [2.24, 2.45) is 5.92 Å². The molecule has 0 amide bonds. The minimum atomic E-state index is -0.546. The molecule has 1 aliphatic rings. The molecule has 0 aromatic carbocycles. The molecule has 2 unspecified atom stereocenters. The van der Waals surface area contributed by atoms with Gasteiger partial charge in [-0.25, -0.2) is 0 Å². The van der Waals surface area contributed by atoms with E-state index in [1.165, 1.54) is 6.07 Å². The summed E-state index contributed by atoms with van der Waals surface area (Å²) in [6.07, 6.45) is 3.18. The number of rotatable bonds is 5. The largest absolute Gasteiger partial charge is 0.433 e. The van der Waals surface area contributed by atoms with Gasteiger partial charge >= 0.3 is 5.88 Å². The summed E-state index contributed by atoms with van der Waals surface area (Å²) < 4.78 is 5.05. The Kier molecular flexibility index (Phi) is 3.75. The van der Waals surface area contributed by atoms with Gasteiger partial charge in [-0.05, 0) is 24.8 Å². The zero-order valence-corrected chi connectivity index (χ0v) is 9.46. The van der Waals surface area contributed by atoms with Crippen molar-refractivity contribution in [3.05, 3.63) is 28.0 Å². The Bertz CT molecular complexity index is 391. The van der Waals surface area contributed by atoms with E-state index in [1.54, 1.807) is 6.07 Å². The fourth-order valence-corrected chi connectivity index (χ4v) is 2.32. The van der Waals surface area contributed by atoms with Crippen LogP contribution in [0.2, 0.25) is 0 Å². The first-order chi connectivity index (χ1) is 8.20. The lowest BCUT2D eigenvalue weighted by molar-refractivity contribution is -0.402. The first-order valence-corrected chi connectivity index (χ1v) is 5.78. The van der Waals surface area contributed by atoms with Gasteiger partial charge in [0.15, 0.2) is 0 Å². The van der Waals surface area contributed by atoms with Gasteiger partial charge in [0.05, 0.1) is 12.6 Å². The number of nitro groups is 1. The monoisotopic (exact) mass is 240 g/mol. The molecular weight excluding hydrogens is 224 g/mol. The molecule has 94 valence electrons. The third-order valence-corrected chi connectivity index (χ3v) is 3.26. The molecule has 1 fully saturated rings. The lowest BCUT2D eigenvalue weighted by Crippen LogP contribution is -2.33. The quantitative estimate of drug-likeness (QED) is 0.600. The van der Waals surface area contributed by atoms with Crippen LogP contribution in [0.15, 0.2) is 16.5 Å². The molecule has 1 heterocycles. The fourth-order valence-electron chi connectivity index (χ4n) is 2.32. The zero-order chi connectivity index (χ0) is 12.3. The summed E-state index contributed by atoms with van der Waals surface area (Å²) in [7, 11) is 0. The number of aliphatic hydroxyl groups is 1. The molecule has 0 aliphatic heterocycles. The minimum absolute atomic E-state index is 0.190. The smallest absolute Gasteiger partial charge is 0.404 e. The maximum atomic E-state index is 10.4. The molecule has 1 aliphatic carbocycles. The molecule has 0 radical (unpaired) electrons. The Balaban J connectivity index is 1.86. The van der Waals surface area contributed by atoms with Gasteiger partial charge in [0.1, 0.15) is 10.7 Å². The molecule has 6 heteroatoms. The highest BCUT2D eigenvalue weighted by atomic mass is 16.6. The Morgan fingerprint density at radius 3 is 3.00 bits per heavy atom. The van der Waals surface area contributed by atoms with E-state index >= 15 is 0 Å². The van der Waals surface area contributed by atoms with Crippen LogP contribution < -0.4 is 5.32 Å². The van der Waals surface area contributed by atoms with Crippen LogP contribution >= 0.6 is 0 Å². The molecule has 17 heavy (non-hydrogen) atoms. The summed E-state index contributed by atoms with van der Waals surface area (Å²) in [5, 5.41) is 22.9. The molecule has 1 aromatic heterocycles. The van der Waals surface area contributed by atoms with Gasteiger partial charge in [0.2, 0.25) is 0 Å². The first-order valence-electron chi connectivity index (χ1n) is 5.78. The van der Waals surface area contributed by atoms with Gasteiger partial charge in [-0.2, -0.15) is 0 Å². The molecule has 0 saturated heterocycles. The van der Waals surface area contributed by atoms with Crippen LogP contribution in [-0.2, 0) is 6.54 Å². The second kappa shape index (κ2) is 5.29. The minimum Gasteiger partial charge on any atom is -0.404 e. The standard InChI is InChI=1S/C11H16N2O4/c14-7-8-2-1-3-10(8)12-6-9-4-5-11(17-9)13(15)16/h4-5,8,10,12,14H,1-3,6-7H2. The van der Waals surface area contributed by atoms with E-state index < -0.39 is 4.92 Å². The summed E-state index contributed by atoms with van der Waals surface area (Å²) in [4.78, 5) is 9.89. The summed E-state index contributed by atoms with van der Waals surface area (Å²) >= 11 is 0. The van der Waals surface area contributed by atoms with Crippen molar-refractivity contribution < 1.29 is 14.4 Å². The lowest BCUT2D eigenvalue weighted by Gasteiger charge is -2.17. The van der Waals surface area contributed by atoms with Crippen molar-refractivity contribution >= 4 is 5.88 Å². The van der Waals surface area contributed by atoms with E-state index in [4.69, 9.17) is 9.52 Å². The zero-order valence-electron chi connectivity index (χ0n) is 9.46. The van der Waals surface area contributed by atoms with E-state index in [2.05, 4.69) is 5.32 Å². The number of hydrogen-bond acceptors (Lipinski definition) is 5. The molecule has 6 nitrogen and oxygen atoms in total. The number of nitrogens with one attached hydrogen (secondary N) is 1. The van der Waals surface area contributed by atoms with Gasteiger partial charge < -0.3 is 14.8 Å². The van der Waals surface area contributed by atoms with E-state index in [-0.39, 0.29) is 18.5 Å². The van der Waals surface area contributed by atoms with Gasteiger partial charge in [-0.15, -0.1) is 0 Å². The molecule has 2 rings (SSSR count). The third-order valence-electron chi connectivity index (χ3n) is 3.26. The molecule has 1 saturated carbocycles. The molecule has 1 aromatic rings. The predicted octanol–water partition coefficient (Wildman–Crippen LogP) is 1.44. The Hall–Kier alpha value is -1.40. The lowest BCUT2D eigenvalue weighted by atomic mass is 10.1. The van der Waals surface area contributed by atoms with Crippen LogP contribution in [0.3, 0.4) is 0 Å². The van der Waals surface area contributed by atoms with Crippen LogP contribution in [0.5, 0.6) is 0 Å². The predicted molar refractivity (Wildman–Crippen MR) is 60.4 cm³/mol. The second-order valence-corrected chi connectivity index (χ2v) is 4.36. The third kappa shape index (κ3) is 2.83. The molecular formula is C11H16N2O4. The highest BCUT2D eigenvalue weighted by Crippen LogP contribution is 2.25. The Labute approximate surface area is 98.8 Å². The fraction of sp³-hybridized carbons (Fsp3) is 0.636. The average Bonchev–Trinajstić information content (AvgIpc) is 2.95. The number of furan rings is 1. The van der Waals surface area contributed by atoms with Gasteiger partial charge in [0.25, 0.3) is 0 Å². The van der Waals surface area contributed by atoms with Crippen molar-refractivity contribution in [2.75, 3.05) is 6.61 Å². The normalized spacial score (nSPS) is 24.1. The molecule has 0 spiro atoms. The Morgan fingerprint density at radius 2 is 2.35 bits per heavy atom. The van der Waals surface area contributed by atoms with Crippen molar-refractivity contribution in [1.82, 2.24) is 5.32 Å². The molecule has 0 bridgehead atoms. The van der Waals surface area contributed by atoms with E-state index in [1.807, 2.05) is 0 Å². The number of aliphatic hydroxyl groups excluding tert-OH is 1. The van der Waals surface area contributed by atoms with Crippen molar-refractivity contribution in [1.29, 1.82) is 0 Å². The van der Waals surface area contributed by atoms with E-state index in [0.29, 0.717) is 18.2 Å². The highest BCUT2D eigenvalue weighted by molar-refractivity contribution is 5.17. The van der Waals surface area contributed by atoms with Crippen molar-refractivity contribution in [3.63, 3.8) is 0 Å². The maximum absolute atomic E-state index is 10.4. The number of hydrogen-bond donors (Lipinski definition) is 2. The van der Waals surface area contributed by atoms with Crippen LogP contribution in [0, 0.1) is 16.0 Å². The Morgan fingerprint density at radius 1 is 1.53 bits per heavy atom. The van der Waals surface area contributed by atoms with E-state index in [9.17, 15) is 10.1 Å². The summed E-state index contributed by atoms with van der Waals surface area (Å²) in [5.41, 5.74) is 0. The average molecular weight is 240 g/mol. The van der Waals surface area contributed by atoms with Crippen molar-refractivity contribution in [3.8, 4) is 0 Å². The summed E-state index contributed by atoms with van der Waals surface area (Å²) in [6.45, 7) is 0.658. The van der Waals surface area contributed by atoms with Crippen LogP contribution in [0.1, 0.15) is 25.0 Å². The van der Waals surface area contributed by atoms with Crippen molar-refractivity contribution in [2.45, 2.75) is 31.8 Å². The van der Waals surface area contributed by atoms with Gasteiger partial charge in [-0.1, -0.05) is 6.42 Å². The highest BCUT2D eigenvalue weighted by Gasteiger charge is 2.26. The van der Waals surface area contributed by atoms with Crippen LogP contribution in [-0.4, -0.2) is 22.7 Å². The summed E-state index contributed by atoms with van der Waals surface area (Å²) in [6, 6.07) is 3.24. The first kappa shape index (κ1) is 12.1. The van der Waals surface area contributed by atoms with Crippen LogP contribution in [0.4, 0.5) is 5.88 Å². The molecule has 2 N–H and O–H groups in total. The second-order valence-electron chi connectivity index (χ2n) is 4.36. The van der Waals surface area contributed by atoms with Gasteiger partial charge in [0, 0.05) is 12.6 Å². The number of nitrogens with zero attached hydrogens (tertiary/aromatic N) is 1. The summed E-state index contributed by atoms with van der Waals surface area (Å²) in [5.74, 6) is 0.618.